The van der Waals surface area contributed by atoms with Crippen molar-refractivity contribution in [3.05, 3.63) is 100 Å². The lowest BCUT2D eigenvalue weighted by atomic mass is 10.0. The molecule has 11 heteroatoms. The first-order chi connectivity index (χ1) is 21.2. The lowest BCUT2D eigenvalue weighted by Crippen LogP contribution is -2.39. The van der Waals surface area contributed by atoms with Gasteiger partial charge in [-0.05, 0) is 91.2 Å². The van der Waals surface area contributed by atoms with E-state index in [-0.39, 0.29) is 10.9 Å². The van der Waals surface area contributed by atoms with Gasteiger partial charge in [-0.1, -0.05) is 24.0 Å². The molecule has 0 radical (unpaired) electrons. The molecular formula is C33H32N6O3S2. The summed E-state index contributed by atoms with van der Waals surface area (Å²) in [5.41, 5.74) is 5.69. The summed E-state index contributed by atoms with van der Waals surface area (Å²) in [6, 6.07) is 16.8. The highest BCUT2D eigenvalue weighted by atomic mass is 32.2. The van der Waals surface area contributed by atoms with Crippen molar-refractivity contribution in [3.63, 3.8) is 0 Å². The van der Waals surface area contributed by atoms with E-state index in [2.05, 4.69) is 27.0 Å². The van der Waals surface area contributed by atoms with Crippen molar-refractivity contribution in [1.29, 1.82) is 0 Å². The number of pyridine rings is 1. The average Bonchev–Trinajstić information content (AvgIpc) is 3.48. The SMILES string of the molecule is Cc1cc(C#Cc2ccncc2)cc(C)c1Oc1nc(NC2CCN(Cc3ccc(S(N)(=O)=O)cc3)CC2)nc2ccsc12. The number of piperidine rings is 1. The fourth-order valence-corrected chi connectivity index (χ4v) is 6.56. The first-order valence-corrected chi connectivity index (χ1v) is 16.7. The quantitative estimate of drug-likeness (QED) is 0.224. The second-order valence-electron chi connectivity index (χ2n) is 10.9. The number of sulfonamides is 1. The molecule has 0 spiro atoms. The number of ether oxygens (including phenoxy) is 1. The van der Waals surface area contributed by atoms with E-state index in [0.717, 1.165) is 76.3 Å². The smallest absolute Gasteiger partial charge is 0.242 e. The number of primary sulfonamides is 1. The van der Waals surface area contributed by atoms with E-state index in [1.54, 1.807) is 35.9 Å². The Bertz CT molecular complexity index is 1940. The van der Waals surface area contributed by atoms with Gasteiger partial charge >= 0.3 is 0 Å². The van der Waals surface area contributed by atoms with E-state index >= 15 is 0 Å². The standard InChI is InChI=1S/C33H32N6O3S2/c1-22-19-26(4-3-24-9-14-35-15-10-24)20-23(2)30(22)42-32-31-29(13-18-43-31)37-33(38-32)36-27-11-16-39(17-12-27)21-25-5-7-28(8-6-25)44(34,40)41/h5-10,13-15,18-20,27H,11-12,16-17,21H2,1-2H3,(H2,34,40,41)(H,36,37,38). The van der Waals surface area contributed by atoms with Crippen LogP contribution in [0.25, 0.3) is 10.2 Å². The topological polar surface area (TPSA) is 123 Å². The van der Waals surface area contributed by atoms with E-state index in [1.807, 2.05) is 61.7 Å². The molecule has 0 bridgehead atoms. The normalized spacial score (nSPS) is 14.2. The Kier molecular flexibility index (Phi) is 8.59. The molecule has 1 saturated heterocycles. The number of thiophene rings is 1. The van der Waals surface area contributed by atoms with Crippen molar-refractivity contribution in [3.8, 4) is 23.5 Å². The predicted molar refractivity (Wildman–Crippen MR) is 173 cm³/mol. The lowest BCUT2D eigenvalue weighted by Gasteiger charge is -2.32. The fraction of sp³-hybridized carbons (Fsp3) is 0.242. The summed E-state index contributed by atoms with van der Waals surface area (Å²) >= 11 is 1.56. The van der Waals surface area contributed by atoms with Crippen LogP contribution in [-0.2, 0) is 16.6 Å². The van der Waals surface area contributed by atoms with Crippen LogP contribution in [0.2, 0.25) is 0 Å². The number of anilines is 1. The second-order valence-corrected chi connectivity index (χ2v) is 13.4. The van der Waals surface area contributed by atoms with Gasteiger partial charge in [0.15, 0.2) is 0 Å². The molecule has 0 saturated carbocycles. The number of aryl methyl sites for hydroxylation is 2. The van der Waals surface area contributed by atoms with E-state index in [4.69, 9.17) is 19.8 Å². The molecule has 224 valence electrons. The largest absolute Gasteiger partial charge is 0.437 e. The summed E-state index contributed by atoms with van der Waals surface area (Å²) in [5.74, 6) is 8.29. The first kappa shape index (κ1) is 29.7. The number of rotatable bonds is 7. The highest BCUT2D eigenvalue weighted by Crippen LogP contribution is 2.36. The number of aromatic nitrogens is 3. The number of nitrogens with zero attached hydrogens (tertiary/aromatic N) is 4. The molecular weight excluding hydrogens is 593 g/mol. The summed E-state index contributed by atoms with van der Waals surface area (Å²) in [5, 5.41) is 10.8. The minimum Gasteiger partial charge on any atom is -0.437 e. The van der Waals surface area contributed by atoms with Crippen LogP contribution in [0, 0.1) is 25.7 Å². The third kappa shape index (κ3) is 7.06. The second kappa shape index (κ2) is 12.7. The fourth-order valence-electron chi connectivity index (χ4n) is 5.29. The Balaban J connectivity index is 1.13. The molecule has 0 amide bonds. The zero-order chi connectivity index (χ0) is 30.7. The molecule has 2 aromatic carbocycles. The molecule has 1 aliphatic heterocycles. The van der Waals surface area contributed by atoms with Crippen LogP contribution in [0.4, 0.5) is 5.95 Å². The van der Waals surface area contributed by atoms with Gasteiger partial charge in [0, 0.05) is 49.2 Å². The Morgan fingerprint density at radius 1 is 0.977 bits per heavy atom. The predicted octanol–water partition coefficient (Wildman–Crippen LogP) is 5.62. The maximum Gasteiger partial charge on any atom is 0.242 e. The van der Waals surface area contributed by atoms with Crippen LogP contribution in [0.3, 0.4) is 0 Å². The van der Waals surface area contributed by atoms with Crippen molar-refractivity contribution in [2.75, 3.05) is 18.4 Å². The molecule has 0 unspecified atom stereocenters. The maximum absolute atomic E-state index is 11.5. The highest BCUT2D eigenvalue weighted by molar-refractivity contribution is 7.89. The van der Waals surface area contributed by atoms with Crippen molar-refractivity contribution in [2.24, 2.45) is 5.14 Å². The van der Waals surface area contributed by atoms with E-state index in [1.165, 1.54) is 0 Å². The molecule has 6 rings (SSSR count). The van der Waals surface area contributed by atoms with Gasteiger partial charge in [-0.25, -0.2) is 18.5 Å². The number of fused-ring (bicyclic) bond motifs is 1. The maximum atomic E-state index is 11.5. The number of benzene rings is 2. The van der Waals surface area contributed by atoms with Gasteiger partial charge in [0.1, 0.15) is 10.4 Å². The van der Waals surface area contributed by atoms with Gasteiger partial charge < -0.3 is 10.1 Å². The molecule has 1 aliphatic rings. The first-order valence-electron chi connectivity index (χ1n) is 14.3. The van der Waals surface area contributed by atoms with Crippen LogP contribution < -0.4 is 15.2 Å². The summed E-state index contributed by atoms with van der Waals surface area (Å²) in [6.07, 6.45) is 5.33. The number of likely N-dealkylation sites (tertiary alicyclic amines) is 1. The Morgan fingerprint density at radius 2 is 1.66 bits per heavy atom. The third-order valence-corrected chi connectivity index (χ3v) is 9.36. The molecule has 3 aromatic heterocycles. The summed E-state index contributed by atoms with van der Waals surface area (Å²) in [7, 11) is -3.69. The van der Waals surface area contributed by atoms with E-state index < -0.39 is 10.0 Å². The van der Waals surface area contributed by atoms with Gasteiger partial charge in [0.05, 0.1) is 10.4 Å². The van der Waals surface area contributed by atoms with E-state index in [9.17, 15) is 8.42 Å². The van der Waals surface area contributed by atoms with Gasteiger partial charge in [0.2, 0.25) is 21.9 Å². The van der Waals surface area contributed by atoms with Gasteiger partial charge in [-0.15, -0.1) is 11.3 Å². The number of nitrogens with one attached hydrogen (secondary N) is 1. The molecule has 4 heterocycles. The summed E-state index contributed by atoms with van der Waals surface area (Å²) < 4.78 is 30.4. The zero-order valence-corrected chi connectivity index (χ0v) is 26.1. The molecule has 5 aromatic rings. The number of nitrogens with two attached hydrogens (primary N) is 1. The van der Waals surface area contributed by atoms with Crippen LogP contribution in [-0.4, -0.2) is 47.4 Å². The van der Waals surface area contributed by atoms with Crippen molar-refractivity contribution in [2.45, 2.75) is 44.2 Å². The Hall–Kier alpha value is -4.34. The van der Waals surface area contributed by atoms with Crippen molar-refractivity contribution < 1.29 is 13.2 Å². The summed E-state index contributed by atoms with van der Waals surface area (Å²) in [4.78, 5) is 16.1. The van der Waals surface area contributed by atoms with Crippen LogP contribution in [0.15, 0.2) is 77.3 Å². The zero-order valence-electron chi connectivity index (χ0n) is 24.4. The molecule has 1 fully saturated rings. The Labute approximate surface area is 261 Å². The van der Waals surface area contributed by atoms with Crippen molar-refractivity contribution in [1.82, 2.24) is 19.9 Å². The number of hydrogen-bond acceptors (Lipinski definition) is 9. The van der Waals surface area contributed by atoms with Crippen LogP contribution in [0.5, 0.6) is 11.6 Å². The van der Waals surface area contributed by atoms with Gasteiger partial charge in [-0.2, -0.15) is 4.98 Å². The minimum atomic E-state index is -3.69. The molecule has 0 aliphatic carbocycles. The Morgan fingerprint density at radius 3 is 2.34 bits per heavy atom. The lowest BCUT2D eigenvalue weighted by molar-refractivity contribution is 0.211. The van der Waals surface area contributed by atoms with Gasteiger partial charge in [0.25, 0.3) is 0 Å². The van der Waals surface area contributed by atoms with Gasteiger partial charge in [-0.3, -0.25) is 9.88 Å². The van der Waals surface area contributed by atoms with Crippen LogP contribution in [0.1, 0.15) is 40.7 Å². The van der Waals surface area contributed by atoms with E-state index in [0.29, 0.717) is 11.8 Å². The molecule has 44 heavy (non-hydrogen) atoms. The summed E-state index contributed by atoms with van der Waals surface area (Å²) in [6.45, 7) is 6.59. The number of hydrogen-bond donors (Lipinski definition) is 2. The highest BCUT2D eigenvalue weighted by Gasteiger charge is 2.22. The average molecular weight is 625 g/mol. The molecule has 0 atom stereocenters. The monoisotopic (exact) mass is 624 g/mol. The molecule has 3 N–H and O–H groups in total. The third-order valence-electron chi connectivity index (χ3n) is 7.54. The molecule has 9 nitrogen and oxygen atoms in total. The van der Waals surface area contributed by atoms with Crippen molar-refractivity contribution >= 4 is 37.5 Å². The minimum absolute atomic E-state index is 0.128. The van der Waals surface area contributed by atoms with Crippen LogP contribution >= 0.6 is 11.3 Å².